The zero-order chi connectivity index (χ0) is 14.7. The number of para-hydroxylation sites is 1. The molecule has 114 valence electrons. The van der Waals surface area contributed by atoms with Gasteiger partial charge in [-0.2, -0.15) is 0 Å². The summed E-state index contributed by atoms with van der Waals surface area (Å²) in [4.78, 5) is 4.64. The zero-order valence-electron chi connectivity index (χ0n) is 12.2. The average molecular weight is 324 g/mol. The molecule has 1 N–H and O–H groups in total. The van der Waals surface area contributed by atoms with Crippen LogP contribution in [0.4, 0.5) is 5.69 Å². The van der Waals surface area contributed by atoms with Gasteiger partial charge in [0.1, 0.15) is 0 Å². The van der Waals surface area contributed by atoms with E-state index in [2.05, 4.69) is 21.2 Å². The molecule has 5 heteroatoms. The molecule has 1 aliphatic heterocycles. The van der Waals surface area contributed by atoms with Gasteiger partial charge in [-0.25, -0.2) is 0 Å². The van der Waals surface area contributed by atoms with Gasteiger partial charge in [0.25, 0.3) is 0 Å². The zero-order valence-corrected chi connectivity index (χ0v) is 13.8. The molecule has 0 atom stereocenters. The molecule has 2 fully saturated rings. The molecule has 0 aromatic heterocycles. The highest BCUT2D eigenvalue weighted by Crippen LogP contribution is 2.26. The number of hydrogen-bond donors (Lipinski definition) is 1. The highest BCUT2D eigenvalue weighted by atomic mass is 35.5. The van der Waals surface area contributed by atoms with Crippen LogP contribution in [0, 0.1) is 0 Å². The Morgan fingerprint density at radius 1 is 1.10 bits per heavy atom. The minimum absolute atomic E-state index is 0.596. The van der Waals surface area contributed by atoms with E-state index >= 15 is 0 Å². The van der Waals surface area contributed by atoms with Crippen LogP contribution in [-0.4, -0.2) is 42.2 Å². The first-order valence-electron chi connectivity index (χ1n) is 7.79. The highest BCUT2D eigenvalue weighted by Gasteiger charge is 2.22. The van der Waals surface area contributed by atoms with Crippen molar-refractivity contribution in [3.05, 3.63) is 29.3 Å². The van der Waals surface area contributed by atoms with Crippen LogP contribution in [-0.2, 0) is 0 Å². The molecule has 21 heavy (non-hydrogen) atoms. The minimum atomic E-state index is 0.596. The summed E-state index contributed by atoms with van der Waals surface area (Å²) in [6.45, 7) is 3.86. The standard InChI is InChI=1S/C16H22ClN3S/c17-14-7-3-4-8-15(14)19-9-11-20(12-10-19)16(21)18-13-5-1-2-6-13/h3-4,7-8,13H,1-2,5-6,9-12H2,(H,18,21). The van der Waals surface area contributed by atoms with Gasteiger partial charge in [0.2, 0.25) is 0 Å². The number of rotatable bonds is 2. The molecule has 1 heterocycles. The predicted molar refractivity (Wildman–Crippen MR) is 93.2 cm³/mol. The van der Waals surface area contributed by atoms with Crippen molar-refractivity contribution in [3.8, 4) is 0 Å². The number of thiocarbonyl (C=S) groups is 1. The monoisotopic (exact) mass is 323 g/mol. The van der Waals surface area contributed by atoms with Crippen LogP contribution in [0.5, 0.6) is 0 Å². The highest BCUT2D eigenvalue weighted by molar-refractivity contribution is 7.80. The van der Waals surface area contributed by atoms with E-state index in [0.29, 0.717) is 6.04 Å². The van der Waals surface area contributed by atoms with E-state index in [1.807, 2.05) is 18.2 Å². The fourth-order valence-corrected chi connectivity index (χ4v) is 3.80. The molecular weight excluding hydrogens is 302 g/mol. The lowest BCUT2D eigenvalue weighted by Crippen LogP contribution is -2.53. The molecule has 0 spiro atoms. The van der Waals surface area contributed by atoms with Crippen molar-refractivity contribution in [1.82, 2.24) is 10.2 Å². The quantitative estimate of drug-likeness (QED) is 0.842. The van der Waals surface area contributed by atoms with Crippen LogP contribution >= 0.6 is 23.8 Å². The van der Waals surface area contributed by atoms with Crippen molar-refractivity contribution in [2.24, 2.45) is 0 Å². The van der Waals surface area contributed by atoms with E-state index in [1.165, 1.54) is 25.7 Å². The van der Waals surface area contributed by atoms with Crippen molar-refractivity contribution >= 4 is 34.6 Å². The number of nitrogens with one attached hydrogen (secondary N) is 1. The predicted octanol–water partition coefficient (Wildman–Crippen LogP) is 3.28. The van der Waals surface area contributed by atoms with E-state index in [-0.39, 0.29) is 0 Å². The van der Waals surface area contributed by atoms with Crippen LogP contribution < -0.4 is 10.2 Å². The summed E-state index contributed by atoms with van der Waals surface area (Å²) in [5, 5.41) is 5.29. The van der Waals surface area contributed by atoms with Gasteiger partial charge < -0.3 is 15.1 Å². The molecule has 0 unspecified atom stereocenters. The molecule has 0 amide bonds. The second kappa shape index (κ2) is 6.84. The van der Waals surface area contributed by atoms with Gasteiger partial charge in [0.15, 0.2) is 5.11 Å². The lowest BCUT2D eigenvalue weighted by Gasteiger charge is -2.38. The largest absolute Gasteiger partial charge is 0.367 e. The van der Waals surface area contributed by atoms with Crippen molar-refractivity contribution in [3.63, 3.8) is 0 Å². The normalized spacial score (nSPS) is 19.9. The molecule has 2 aliphatic rings. The Morgan fingerprint density at radius 2 is 1.76 bits per heavy atom. The van der Waals surface area contributed by atoms with Gasteiger partial charge in [-0.15, -0.1) is 0 Å². The summed E-state index contributed by atoms with van der Waals surface area (Å²) in [6.07, 6.45) is 5.20. The lowest BCUT2D eigenvalue weighted by atomic mass is 10.2. The van der Waals surface area contributed by atoms with Gasteiger partial charge in [-0.1, -0.05) is 36.6 Å². The molecule has 1 aromatic carbocycles. The van der Waals surface area contributed by atoms with Gasteiger partial charge >= 0.3 is 0 Å². The fraction of sp³-hybridized carbons (Fsp3) is 0.562. The van der Waals surface area contributed by atoms with E-state index in [0.717, 1.165) is 42.0 Å². The Hall–Kier alpha value is -1.00. The summed E-state index contributed by atoms with van der Waals surface area (Å²) in [6, 6.07) is 8.66. The number of benzene rings is 1. The summed E-state index contributed by atoms with van der Waals surface area (Å²) >= 11 is 11.8. The number of anilines is 1. The number of nitrogens with zero attached hydrogens (tertiary/aromatic N) is 2. The lowest BCUT2D eigenvalue weighted by molar-refractivity contribution is 0.374. The van der Waals surface area contributed by atoms with E-state index < -0.39 is 0 Å². The molecule has 3 nitrogen and oxygen atoms in total. The fourth-order valence-electron chi connectivity index (χ4n) is 3.19. The molecular formula is C16H22ClN3S. The first-order valence-corrected chi connectivity index (χ1v) is 8.57. The van der Waals surface area contributed by atoms with Crippen molar-refractivity contribution < 1.29 is 0 Å². The van der Waals surface area contributed by atoms with Crippen LogP contribution in [0.3, 0.4) is 0 Å². The van der Waals surface area contributed by atoms with Crippen molar-refractivity contribution in [2.75, 3.05) is 31.1 Å². The SMILES string of the molecule is S=C(NC1CCCC1)N1CCN(c2ccccc2Cl)CC1. The third kappa shape index (κ3) is 3.61. The summed E-state index contributed by atoms with van der Waals surface area (Å²) in [7, 11) is 0. The second-order valence-corrected chi connectivity index (χ2v) is 6.65. The average Bonchev–Trinajstić information content (AvgIpc) is 3.01. The third-order valence-electron chi connectivity index (χ3n) is 4.44. The molecule has 1 aliphatic carbocycles. The molecule has 0 bridgehead atoms. The van der Waals surface area contributed by atoms with Crippen LogP contribution in [0.1, 0.15) is 25.7 Å². The molecule has 1 saturated carbocycles. The molecule has 1 saturated heterocycles. The number of piperazine rings is 1. The number of halogens is 1. The minimum Gasteiger partial charge on any atom is -0.367 e. The maximum Gasteiger partial charge on any atom is 0.169 e. The smallest absolute Gasteiger partial charge is 0.169 e. The first-order chi connectivity index (χ1) is 10.2. The third-order valence-corrected chi connectivity index (χ3v) is 5.14. The van der Waals surface area contributed by atoms with Crippen molar-refractivity contribution in [1.29, 1.82) is 0 Å². The Labute approximate surface area is 137 Å². The Morgan fingerprint density at radius 3 is 2.43 bits per heavy atom. The first kappa shape index (κ1) is 14.9. The Balaban J connectivity index is 1.52. The number of hydrogen-bond acceptors (Lipinski definition) is 2. The van der Waals surface area contributed by atoms with Crippen LogP contribution in [0.15, 0.2) is 24.3 Å². The van der Waals surface area contributed by atoms with E-state index in [1.54, 1.807) is 0 Å². The van der Waals surface area contributed by atoms with Gasteiger partial charge in [0.05, 0.1) is 10.7 Å². The topological polar surface area (TPSA) is 18.5 Å². The summed E-state index contributed by atoms with van der Waals surface area (Å²) in [5.41, 5.74) is 1.13. The van der Waals surface area contributed by atoms with Crippen LogP contribution in [0.2, 0.25) is 5.02 Å². The van der Waals surface area contributed by atoms with Gasteiger partial charge in [0, 0.05) is 32.2 Å². The maximum absolute atomic E-state index is 6.28. The van der Waals surface area contributed by atoms with E-state index in [9.17, 15) is 0 Å². The summed E-state index contributed by atoms with van der Waals surface area (Å²) in [5.74, 6) is 0. The van der Waals surface area contributed by atoms with E-state index in [4.69, 9.17) is 23.8 Å². The van der Waals surface area contributed by atoms with Crippen LogP contribution in [0.25, 0.3) is 0 Å². The summed E-state index contributed by atoms with van der Waals surface area (Å²) < 4.78 is 0. The molecule has 1 aromatic rings. The Kier molecular flexibility index (Phi) is 4.86. The maximum atomic E-state index is 6.28. The molecule has 0 radical (unpaired) electrons. The van der Waals surface area contributed by atoms with Gasteiger partial charge in [-0.05, 0) is 37.2 Å². The second-order valence-electron chi connectivity index (χ2n) is 5.86. The Bertz CT molecular complexity index is 494. The van der Waals surface area contributed by atoms with Gasteiger partial charge in [-0.3, -0.25) is 0 Å². The van der Waals surface area contributed by atoms with Crippen molar-refractivity contribution in [2.45, 2.75) is 31.7 Å². The molecule has 3 rings (SSSR count).